The summed E-state index contributed by atoms with van der Waals surface area (Å²) in [6.07, 6.45) is -2.29. The van der Waals surface area contributed by atoms with Gasteiger partial charge >= 0.3 is 29.8 Å². The molecule has 1 aliphatic heterocycles. The number of esters is 5. The Labute approximate surface area is 244 Å². The topological polar surface area (TPSA) is 167 Å². The first-order valence-corrected chi connectivity index (χ1v) is 13.5. The Morgan fingerprint density at radius 1 is 0.905 bits per heavy atom. The van der Waals surface area contributed by atoms with Crippen molar-refractivity contribution in [2.75, 3.05) is 13.2 Å². The van der Waals surface area contributed by atoms with E-state index in [0.717, 1.165) is 26.3 Å². The van der Waals surface area contributed by atoms with E-state index in [0.29, 0.717) is 6.42 Å². The largest absolute Gasteiger partial charge is 0.463 e. The average Bonchev–Trinajstić information content (AvgIpc) is 2.81. The highest BCUT2D eigenvalue weighted by atomic mass is 16.7. The second-order valence-corrected chi connectivity index (χ2v) is 10.9. The van der Waals surface area contributed by atoms with Crippen molar-refractivity contribution in [3.05, 3.63) is 23.8 Å². The lowest BCUT2D eigenvalue weighted by Gasteiger charge is -2.44. The zero-order valence-corrected chi connectivity index (χ0v) is 25.2. The maximum Gasteiger partial charge on any atom is 0.303 e. The number of carbonyl (C=O) groups excluding carboxylic acids is 6. The summed E-state index contributed by atoms with van der Waals surface area (Å²) in [5.74, 6) is -3.66. The van der Waals surface area contributed by atoms with Crippen molar-refractivity contribution < 1.29 is 61.9 Å². The molecule has 0 aromatic heterocycles. The second kappa shape index (κ2) is 15.1. The van der Waals surface area contributed by atoms with E-state index in [1.54, 1.807) is 12.2 Å². The first-order chi connectivity index (χ1) is 19.5. The van der Waals surface area contributed by atoms with Crippen LogP contribution in [0.4, 0.5) is 0 Å². The maximum absolute atomic E-state index is 12.1. The lowest BCUT2D eigenvalue weighted by atomic mass is 9.68. The minimum Gasteiger partial charge on any atom is -0.463 e. The predicted molar refractivity (Wildman–Crippen MR) is 143 cm³/mol. The van der Waals surface area contributed by atoms with Gasteiger partial charge in [-0.15, -0.1) is 0 Å². The fraction of sp³-hybridized carbons (Fsp3) is 0.655. The standard InChI is InChI=1S/C29H40O13/c1-15-11-21(35)12-29(7,8)23(15)10-9-22(38-17(3)31)13-37-28-27(41-20(6)34)26(40-19(5)33)25(39-18(4)32)24(42-28)14-36-16(2)30/h9-11,22-28H,12-14H2,1-8H3/b10-9+/t22?,23?,24-,25-,26+,27-,28-/m1/s1. The molecule has 2 unspecified atom stereocenters. The lowest BCUT2D eigenvalue weighted by Crippen LogP contribution is -2.63. The normalized spacial score (nSPS) is 27.8. The van der Waals surface area contributed by atoms with Gasteiger partial charge in [0.15, 0.2) is 30.4 Å². The number of ether oxygens (including phenoxy) is 7. The SMILES string of the molecule is CC(=O)OC[C@H]1O[C@@H](OCC(/C=C/C2C(C)=CC(=O)CC2(C)C)OC(C)=O)[C@H](OC(C)=O)[C@@H](OC(C)=O)[C@@H]1OC(C)=O. The third-order valence-electron chi connectivity index (χ3n) is 6.56. The molecule has 42 heavy (non-hydrogen) atoms. The summed E-state index contributed by atoms with van der Waals surface area (Å²) in [4.78, 5) is 71.4. The van der Waals surface area contributed by atoms with Gasteiger partial charge in [0.2, 0.25) is 0 Å². The Morgan fingerprint density at radius 3 is 2.00 bits per heavy atom. The van der Waals surface area contributed by atoms with E-state index in [2.05, 4.69) is 0 Å². The zero-order chi connectivity index (χ0) is 31.8. The van der Waals surface area contributed by atoms with E-state index in [1.807, 2.05) is 26.8 Å². The smallest absolute Gasteiger partial charge is 0.303 e. The molecule has 234 valence electrons. The molecule has 1 fully saturated rings. The first-order valence-electron chi connectivity index (χ1n) is 13.5. The highest BCUT2D eigenvalue weighted by Crippen LogP contribution is 2.40. The fourth-order valence-corrected chi connectivity index (χ4v) is 5.07. The van der Waals surface area contributed by atoms with Crippen LogP contribution in [0.3, 0.4) is 0 Å². The van der Waals surface area contributed by atoms with Crippen molar-refractivity contribution in [1.29, 1.82) is 0 Å². The molecule has 2 rings (SSSR count). The Kier molecular flexibility index (Phi) is 12.4. The van der Waals surface area contributed by atoms with Crippen LogP contribution in [0.15, 0.2) is 23.8 Å². The van der Waals surface area contributed by atoms with Crippen molar-refractivity contribution in [3.63, 3.8) is 0 Å². The van der Waals surface area contributed by atoms with E-state index in [1.165, 1.54) is 13.8 Å². The molecule has 13 heteroatoms. The van der Waals surface area contributed by atoms with E-state index >= 15 is 0 Å². The van der Waals surface area contributed by atoms with Crippen LogP contribution in [-0.4, -0.2) is 85.7 Å². The average molecular weight is 597 g/mol. The highest BCUT2D eigenvalue weighted by molar-refractivity contribution is 5.92. The van der Waals surface area contributed by atoms with Crippen molar-refractivity contribution in [2.24, 2.45) is 11.3 Å². The first kappa shape index (κ1) is 34.6. The minimum absolute atomic E-state index is 0.0330. The summed E-state index contributed by atoms with van der Waals surface area (Å²) in [6.45, 7) is 10.8. The quantitative estimate of drug-likeness (QED) is 0.193. The summed E-state index contributed by atoms with van der Waals surface area (Å²) < 4.78 is 38.5. The molecular formula is C29H40O13. The highest BCUT2D eigenvalue weighted by Gasteiger charge is 2.53. The van der Waals surface area contributed by atoms with Gasteiger partial charge in [0.05, 0.1) is 6.61 Å². The summed E-state index contributed by atoms with van der Waals surface area (Å²) in [6, 6.07) is 0. The van der Waals surface area contributed by atoms with Crippen molar-refractivity contribution in [2.45, 2.75) is 98.6 Å². The Morgan fingerprint density at radius 2 is 1.48 bits per heavy atom. The van der Waals surface area contributed by atoms with Gasteiger partial charge in [-0.2, -0.15) is 0 Å². The van der Waals surface area contributed by atoms with Gasteiger partial charge in [-0.3, -0.25) is 28.8 Å². The number of carbonyl (C=O) groups is 6. The zero-order valence-electron chi connectivity index (χ0n) is 25.2. The predicted octanol–water partition coefficient (Wildman–Crippen LogP) is 2.14. The Hall–Kier alpha value is -3.58. The number of hydrogen-bond acceptors (Lipinski definition) is 13. The van der Waals surface area contributed by atoms with Crippen LogP contribution < -0.4 is 0 Å². The van der Waals surface area contributed by atoms with Crippen molar-refractivity contribution in [3.8, 4) is 0 Å². The molecule has 0 aromatic carbocycles. The summed E-state index contributed by atoms with van der Waals surface area (Å²) >= 11 is 0. The van der Waals surface area contributed by atoms with Crippen LogP contribution in [0.2, 0.25) is 0 Å². The monoisotopic (exact) mass is 596 g/mol. The molecule has 7 atom stereocenters. The molecule has 1 heterocycles. The van der Waals surface area contributed by atoms with E-state index < -0.39 is 73.3 Å². The minimum atomic E-state index is -1.43. The Balaban J connectivity index is 2.39. The number of rotatable bonds is 11. The van der Waals surface area contributed by atoms with Gasteiger partial charge in [-0.05, 0) is 24.5 Å². The Bertz CT molecular complexity index is 1100. The fourth-order valence-electron chi connectivity index (χ4n) is 5.07. The molecule has 0 N–H and O–H groups in total. The van der Waals surface area contributed by atoms with E-state index in [9.17, 15) is 28.8 Å². The molecule has 0 amide bonds. The summed E-state index contributed by atoms with van der Waals surface area (Å²) in [5, 5.41) is 0. The number of hydrogen-bond donors (Lipinski definition) is 0. The van der Waals surface area contributed by atoms with Crippen molar-refractivity contribution in [1.82, 2.24) is 0 Å². The third kappa shape index (κ3) is 10.4. The maximum atomic E-state index is 12.1. The van der Waals surface area contributed by atoms with Crippen LogP contribution in [0, 0.1) is 11.3 Å². The molecule has 2 aliphatic rings. The van der Waals surface area contributed by atoms with Crippen LogP contribution in [-0.2, 0) is 61.9 Å². The second-order valence-electron chi connectivity index (χ2n) is 10.9. The van der Waals surface area contributed by atoms with E-state index in [-0.39, 0.29) is 23.7 Å². The van der Waals surface area contributed by atoms with Gasteiger partial charge in [0.25, 0.3) is 0 Å². The van der Waals surface area contributed by atoms with Crippen LogP contribution in [0.1, 0.15) is 61.8 Å². The van der Waals surface area contributed by atoms with Gasteiger partial charge in [-0.25, -0.2) is 0 Å². The van der Waals surface area contributed by atoms with Crippen molar-refractivity contribution >= 4 is 35.6 Å². The molecule has 13 nitrogen and oxygen atoms in total. The number of ketones is 1. The molecule has 1 aliphatic carbocycles. The lowest BCUT2D eigenvalue weighted by molar-refractivity contribution is -0.310. The molecule has 0 aromatic rings. The van der Waals surface area contributed by atoms with Gasteiger partial charge < -0.3 is 33.2 Å². The van der Waals surface area contributed by atoms with Gasteiger partial charge in [0.1, 0.15) is 18.8 Å². The summed E-state index contributed by atoms with van der Waals surface area (Å²) in [5.41, 5.74) is 0.475. The molecule has 0 spiro atoms. The molecule has 1 saturated heterocycles. The third-order valence-corrected chi connectivity index (χ3v) is 6.56. The van der Waals surface area contributed by atoms with Crippen LogP contribution in [0.25, 0.3) is 0 Å². The summed E-state index contributed by atoms with van der Waals surface area (Å²) in [7, 11) is 0. The molecule has 0 saturated carbocycles. The molecular weight excluding hydrogens is 556 g/mol. The van der Waals surface area contributed by atoms with Crippen LogP contribution >= 0.6 is 0 Å². The van der Waals surface area contributed by atoms with Gasteiger partial charge in [0, 0.05) is 47.0 Å². The molecule has 0 bridgehead atoms. The van der Waals surface area contributed by atoms with E-state index in [4.69, 9.17) is 33.2 Å². The number of allylic oxidation sites excluding steroid dienone is 3. The van der Waals surface area contributed by atoms with Crippen LogP contribution in [0.5, 0.6) is 0 Å². The van der Waals surface area contributed by atoms with Gasteiger partial charge in [-0.1, -0.05) is 25.5 Å². The molecule has 0 radical (unpaired) electrons.